The largest absolute Gasteiger partial charge is 0.444 e. The van der Waals surface area contributed by atoms with Gasteiger partial charge in [-0.25, -0.2) is 4.79 Å². The topological polar surface area (TPSA) is 80.3 Å². The first-order chi connectivity index (χ1) is 9.10. The standard InChI is InChI=1S/C13H24N2O5/c1-12(2,3)19-11(17)15-9(7-18-13(15,4)5)8-6-10(16)20-14-8/h8-10,14,16H,6-7H2,1-5H3/t8-,9-,10+/m1/s1. The molecule has 2 fully saturated rings. The van der Waals surface area contributed by atoms with Gasteiger partial charge in [0.2, 0.25) is 0 Å². The number of amides is 1. The van der Waals surface area contributed by atoms with E-state index < -0.39 is 23.7 Å². The lowest BCUT2D eigenvalue weighted by molar-refractivity contribution is -0.103. The molecular weight excluding hydrogens is 264 g/mol. The first kappa shape index (κ1) is 15.5. The predicted molar refractivity (Wildman–Crippen MR) is 70.5 cm³/mol. The van der Waals surface area contributed by atoms with Gasteiger partial charge in [-0.15, -0.1) is 0 Å². The molecule has 1 amide bonds. The number of nitrogens with zero attached hydrogens (tertiary/aromatic N) is 1. The Morgan fingerprint density at radius 2 is 2.10 bits per heavy atom. The highest BCUT2D eigenvalue weighted by molar-refractivity contribution is 5.70. The van der Waals surface area contributed by atoms with Gasteiger partial charge in [-0.05, 0) is 34.6 Å². The van der Waals surface area contributed by atoms with Crippen LogP contribution < -0.4 is 5.48 Å². The maximum absolute atomic E-state index is 12.4. The van der Waals surface area contributed by atoms with Crippen LogP contribution in [0, 0.1) is 0 Å². The normalized spacial score (nSPS) is 33.5. The molecule has 20 heavy (non-hydrogen) atoms. The Morgan fingerprint density at radius 3 is 2.60 bits per heavy atom. The van der Waals surface area contributed by atoms with Crippen molar-refractivity contribution >= 4 is 6.09 Å². The second kappa shape index (κ2) is 5.14. The van der Waals surface area contributed by atoms with E-state index in [2.05, 4.69) is 5.48 Å². The number of carbonyl (C=O) groups excluding carboxylic acids is 1. The molecule has 2 rings (SSSR count). The monoisotopic (exact) mass is 288 g/mol. The third-order valence-electron chi connectivity index (χ3n) is 3.38. The number of aliphatic hydroxyl groups excluding tert-OH is 1. The van der Waals surface area contributed by atoms with Crippen molar-refractivity contribution in [1.29, 1.82) is 0 Å². The average Bonchev–Trinajstić information content (AvgIpc) is 2.79. The summed E-state index contributed by atoms with van der Waals surface area (Å²) in [6, 6.07) is -0.420. The van der Waals surface area contributed by atoms with Crippen molar-refractivity contribution in [2.75, 3.05) is 6.61 Å². The zero-order chi connectivity index (χ0) is 15.1. The Balaban J connectivity index is 2.14. The summed E-state index contributed by atoms with van der Waals surface area (Å²) >= 11 is 0. The molecule has 2 aliphatic heterocycles. The lowest BCUT2D eigenvalue weighted by Gasteiger charge is -2.36. The number of rotatable bonds is 1. The molecule has 2 N–H and O–H groups in total. The van der Waals surface area contributed by atoms with E-state index in [1.165, 1.54) is 0 Å². The zero-order valence-electron chi connectivity index (χ0n) is 12.7. The van der Waals surface area contributed by atoms with Gasteiger partial charge in [-0.3, -0.25) is 9.74 Å². The van der Waals surface area contributed by atoms with Gasteiger partial charge in [-0.1, -0.05) is 0 Å². The average molecular weight is 288 g/mol. The fraction of sp³-hybridized carbons (Fsp3) is 0.923. The van der Waals surface area contributed by atoms with Crippen LogP contribution in [0.25, 0.3) is 0 Å². The Morgan fingerprint density at radius 1 is 1.45 bits per heavy atom. The molecule has 0 radical (unpaired) electrons. The van der Waals surface area contributed by atoms with Crippen LogP contribution in [0.2, 0.25) is 0 Å². The third kappa shape index (κ3) is 3.22. The van der Waals surface area contributed by atoms with Crippen molar-refractivity contribution in [1.82, 2.24) is 10.4 Å². The van der Waals surface area contributed by atoms with Crippen molar-refractivity contribution in [2.45, 2.75) is 70.7 Å². The number of hydroxylamine groups is 1. The van der Waals surface area contributed by atoms with Gasteiger partial charge in [0.1, 0.15) is 11.3 Å². The molecule has 116 valence electrons. The first-order valence-corrected chi connectivity index (χ1v) is 6.86. The number of ether oxygens (including phenoxy) is 2. The highest BCUT2D eigenvalue weighted by Crippen LogP contribution is 2.32. The minimum absolute atomic E-state index is 0.181. The van der Waals surface area contributed by atoms with Crippen LogP contribution in [-0.4, -0.2) is 52.4 Å². The molecular formula is C13H24N2O5. The van der Waals surface area contributed by atoms with Gasteiger partial charge in [0.05, 0.1) is 18.7 Å². The minimum Gasteiger partial charge on any atom is -0.444 e. The molecule has 2 saturated heterocycles. The highest BCUT2D eigenvalue weighted by Gasteiger charge is 2.50. The fourth-order valence-corrected chi connectivity index (χ4v) is 2.51. The van der Waals surface area contributed by atoms with Gasteiger partial charge in [0, 0.05) is 6.42 Å². The van der Waals surface area contributed by atoms with Crippen LogP contribution in [0.5, 0.6) is 0 Å². The summed E-state index contributed by atoms with van der Waals surface area (Å²) in [6.45, 7) is 9.49. The van der Waals surface area contributed by atoms with Crippen LogP contribution in [0.3, 0.4) is 0 Å². The second-order valence-electron chi connectivity index (χ2n) is 6.71. The SMILES string of the molecule is CC(C)(C)OC(=O)N1[C@@H]([C@H]2C[C@@H](O)ON2)COC1(C)C. The van der Waals surface area contributed by atoms with Crippen LogP contribution in [0.15, 0.2) is 0 Å². The van der Waals surface area contributed by atoms with Crippen LogP contribution in [0.1, 0.15) is 41.0 Å². The third-order valence-corrected chi connectivity index (χ3v) is 3.38. The summed E-state index contributed by atoms with van der Waals surface area (Å²) in [7, 11) is 0. The number of carbonyl (C=O) groups is 1. The lowest BCUT2D eigenvalue weighted by atomic mass is 10.1. The first-order valence-electron chi connectivity index (χ1n) is 6.86. The molecule has 0 aliphatic carbocycles. The smallest absolute Gasteiger partial charge is 0.412 e. The lowest BCUT2D eigenvalue weighted by Crippen LogP contribution is -2.55. The van der Waals surface area contributed by atoms with E-state index in [-0.39, 0.29) is 12.1 Å². The molecule has 3 atom stereocenters. The molecule has 7 heteroatoms. The summed E-state index contributed by atoms with van der Waals surface area (Å²) in [5, 5.41) is 9.44. The summed E-state index contributed by atoms with van der Waals surface area (Å²) in [4.78, 5) is 18.9. The number of nitrogens with one attached hydrogen (secondary N) is 1. The van der Waals surface area contributed by atoms with E-state index in [0.717, 1.165) is 0 Å². The summed E-state index contributed by atoms with van der Waals surface area (Å²) < 4.78 is 11.1. The molecule has 0 spiro atoms. The molecule has 0 saturated carbocycles. The Bertz CT molecular complexity index is 379. The predicted octanol–water partition coefficient (Wildman–Crippen LogP) is 0.970. The molecule has 0 unspecified atom stereocenters. The molecule has 0 aromatic carbocycles. The Kier molecular flexibility index (Phi) is 3.98. The van der Waals surface area contributed by atoms with Gasteiger partial charge in [0.25, 0.3) is 0 Å². The van der Waals surface area contributed by atoms with E-state index >= 15 is 0 Å². The Labute approximate surface area is 119 Å². The number of aliphatic hydroxyl groups is 1. The molecule has 0 bridgehead atoms. The van der Waals surface area contributed by atoms with Gasteiger partial charge in [-0.2, -0.15) is 5.48 Å². The summed E-state index contributed by atoms with van der Waals surface area (Å²) in [6.07, 6.45) is -0.874. The zero-order valence-corrected chi connectivity index (χ0v) is 12.7. The van der Waals surface area contributed by atoms with Gasteiger partial charge < -0.3 is 14.6 Å². The van der Waals surface area contributed by atoms with E-state index in [9.17, 15) is 9.90 Å². The van der Waals surface area contributed by atoms with Gasteiger partial charge >= 0.3 is 6.09 Å². The number of hydrogen-bond acceptors (Lipinski definition) is 6. The maximum atomic E-state index is 12.4. The van der Waals surface area contributed by atoms with Crippen LogP contribution >= 0.6 is 0 Å². The van der Waals surface area contributed by atoms with Crippen molar-refractivity contribution in [2.24, 2.45) is 0 Å². The van der Waals surface area contributed by atoms with Gasteiger partial charge in [0.15, 0.2) is 6.29 Å². The van der Waals surface area contributed by atoms with Crippen molar-refractivity contribution in [3.05, 3.63) is 0 Å². The van der Waals surface area contributed by atoms with Crippen molar-refractivity contribution in [3.63, 3.8) is 0 Å². The van der Waals surface area contributed by atoms with E-state index in [0.29, 0.717) is 13.0 Å². The second-order valence-corrected chi connectivity index (χ2v) is 6.71. The van der Waals surface area contributed by atoms with E-state index in [1.54, 1.807) is 4.90 Å². The highest BCUT2D eigenvalue weighted by atomic mass is 16.7. The van der Waals surface area contributed by atoms with Crippen LogP contribution in [-0.2, 0) is 14.3 Å². The summed E-state index contributed by atoms with van der Waals surface area (Å²) in [5.74, 6) is 0. The maximum Gasteiger partial charge on any atom is 0.412 e. The van der Waals surface area contributed by atoms with Crippen LogP contribution in [0.4, 0.5) is 4.79 Å². The molecule has 2 heterocycles. The van der Waals surface area contributed by atoms with Crippen molar-refractivity contribution in [3.8, 4) is 0 Å². The van der Waals surface area contributed by atoms with Crippen molar-refractivity contribution < 1.29 is 24.2 Å². The molecule has 7 nitrogen and oxygen atoms in total. The molecule has 0 aromatic rings. The Hall–Kier alpha value is -0.890. The minimum atomic E-state index is -0.857. The fourth-order valence-electron chi connectivity index (χ4n) is 2.51. The molecule has 2 aliphatic rings. The molecule has 0 aromatic heterocycles. The number of hydrogen-bond donors (Lipinski definition) is 2. The van der Waals surface area contributed by atoms with E-state index in [1.807, 2.05) is 34.6 Å². The summed E-state index contributed by atoms with van der Waals surface area (Å²) in [5.41, 5.74) is 1.44. The van der Waals surface area contributed by atoms with E-state index in [4.69, 9.17) is 14.3 Å². The quantitative estimate of drug-likeness (QED) is 0.748.